The minimum atomic E-state index is -0.223. The Kier molecular flexibility index (Phi) is 1.95. The molecule has 1 unspecified atom stereocenters. The van der Waals surface area contributed by atoms with Gasteiger partial charge in [0.1, 0.15) is 6.61 Å². The van der Waals surface area contributed by atoms with E-state index in [-0.39, 0.29) is 11.0 Å². The van der Waals surface area contributed by atoms with Gasteiger partial charge < -0.3 is 4.74 Å². The van der Waals surface area contributed by atoms with Gasteiger partial charge in [0.2, 0.25) is 0 Å². The lowest BCUT2D eigenvalue weighted by Crippen LogP contribution is -2.29. The minimum Gasteiger partial charge on any atom is -0.447 e. The van der Waals surface area contributed by atoms with Crippen LogP contribution in [0.5, 0.6) is 0 Å². The van der Waals surface area contributed by atoms with Gasteiger partial charge in [0, 0.05) is 0 Å². The summed E-state index contributed by atoms with van der Waals surface area (Å²) in [7, 11) is 0. The summed E-state index contributed by atoms with van der Waals surface area (Å²) in [5, 5.41) is 0. The van der Waals surface area contributed by atoms with Gasteiger partial charge >= 0.3 is 6.09 Å². The van der Waals surface area contributed by atoms with Crippen molar-refractivity contribution in [2.24, 2.45) is 0 Å². The molecule has 0 aromatic carbocycles. The van der Waals surface area contributed by atoms with Crippen molar-refractivity contribution >= 4 is 22.0 Å². The second-order valence-electron chi connectivity index (χ2n) is 1.88. The first-order valence-electron chi connectivity index (χ1n) is 2.79. The molecule has 1 saturated heterocycles. The summed E-state index contributed by atoms with van der Waals surface area (Å²) in [6, 6.07) is 0. The monoisotopic (exact) mass is 193 g/mol. The van der Waals surface area contributed by atoms with E-state index in [4.69, 9.17) is 0 Å². The minimum absolute atomic E-state index is 0.0903. The van der Waals surface area contributed by atoms with Crippen molar-refractivity contribution in [2.45, 2.75) is 11.9 Å². The average molecular weight is 194 g/mol. The number of carbonyl (C=O) groups excluding carboxylic acids is 1. The number of rotatable bonds is 1. The summed E-state index contributed by atoms with van der Waals surface area (Å²) in [6.45, 7) is 3.12. The Balaban J connectivity index is 2.49. The fraction of sp³-hybridized carbons (Fsp3) is 0.800. The first-order valence-corrected chi connectivity index (χ1v) is 3.71. The van der Waals surface area contributed by atoms with Crippen LogP contribution in [0, 0.1) is 0 Å². The van der Waals surface area contributed by atoms with Gasteiger partial charge in [-0.3, -0.25) is 4.90 Å². The van der Waals surface area contributed by atoms with Crippen LogP contribution >= 0.6 is 15.9 Å². The van der Waals surface area contributed by atoms with E-state index >= 15 is 0 Å². The normalized spacial score (nSPS) is 22.0. The number of hydrogen-bond donors (Lipinski definition) is 0. The quantitative estimate of drug-likeness (QED) is 0.463. The van der Waals surface area contributed by atoms with Crippen molar-refractivity contribution in [3.05, 3.63) is 0 Å². The number of nitrogens with zero attached hydrogens (tertiary/aromatic N) is 1. The van der Waals surface area contributed by atoms with E-state index in [1.807, 2.05) is 6.92 Å². The Morgan fingerprint density at radius 2 is 2.56 bits per heavy atom. The van der Waals surface area contributed by atoms with Crippen molar-refractivity contribution in [3.8, 4) is 0 Å². The summed E-state index contributed by atoms with van der Waals surface area (Å²) >= 11 is 3.27. The van der Waals surface area contributed by atoms with Crippen molar-refractivity contribution < 1.29 is 9.53 Å². The van der Waals surface area contributed by atoms with Gasteiger partial charge in [-0.1, -0.05) is 15.9 Å². The number of hydrogen-bond acceptors (Lipinski definition) is 2. The van der Waals surface area contributed by atoms with E-state index in [1.54, 1.807) is 4.90 Å². The highest BCUT2D eigenvalue weighted by molar-refractivity contribution is 9.09. The Morgan fingerprint density at radius 1 is 1.89 bits per heavy atom. The van der Waals surface area contributed by atoms with Crippen LogP contribution in [0.2, 0.25) is 0 Å². The standard InChI is InChI=1S/C5H8BrNO2/c1-4(6)7-2-3-9-5(7)8/h4H,2-3H2,1H3. The average Bonchev–Trinajstić information content (AvgIpc) is 2.13. The van der Waals surface area contributed by atoms with Gasteiger partial charge in [-0.05, 0) is 6.92 Å². The fourth-order valence-electron chi connectivity index (χ4n) is 0.729. The van der Waals surface area contributed by atoms with Crippen LogP contribution < -0.4 is 0 Å². The van der Waals surface area contributed by atoms with Crippen LogP contribution in [0.25, 0.3) is 0 Å². The van der Waals surface area contributed by atoms with E-state index in [0.29, 0.717) is 13.2 Å². The van der Waals surface area contributed by atoms with Crippen molar-refractivity contribution in [1.82, 2.24) is 4.90 Å². The molecule has 1 aliphatic heterocycles. The molecule has 1 rings (SSSR count). The molecule has 1 fully saturated rings. The largest absolute Gasteiger partial charge is 0.447 e. The van der Waals surface area contributed by atoms with Gasteiger partial charge in [0.25, 0.3) is 0 Å². The molecule has 0 spiro atoms. The zero-order chi connectivity index (χ0) is 6.85. The number of cyclic esters (lactones) is 1. The topological polar surface area (TPSA) is 29.5 Å². The van der Waals surface area contributed by atoms with Crippen LogP contribution in [-0.4, -0.2) is 29.1 Å². The molecular formula is C5H8BrNO2. The van der Waals surface area contributed by atoms with Gasteiger partial charge in [-0.15, -0.1) is 0 Å². The molecule has 1 aliphatic rings. The van der Waals surface area contributed by atoms with E-state index in [9.17, 15) is 4.79 Å². The lowest BCUT2D eigenvalue weighted by Gasteiger charge is -2.14. The summed E-state index contributed by atoms with van der Waals surface area (Å²) in [5.41, 5.74) is 0. The number of alkyl halides is 1. The Bertz CT molecular complexity index is 126. The lowest BCUT2D eigenvalue weighted by atomic mass is 10.6. The second kappa shape index (κ2) is 2.56. The number of carbonyl (C=O) groups is 1. The van der Waals surface area contributed by atoms with E-state index in [0.717, 1.165) is 0 Å². The van der Waals surface area contributed by atoms with Crippen LogP contribution in [0.15, 0.2) is 0 Å². The molecular weight excluding hydrogens is 186 g/mol. The Morgan fingerprint density at radius 3 is 2.78 bits per heavy atom. The van der Waals surface area contributed by atoms with E-state index < -0.39 is 0 Å². The fourth-order valence-corrected chi connectivity index (χ4v) is 1.10. The van der Waals surface area contributed by atoms with E-state index in [2.05, 4.69) is 20.7 Å². The van der Waals surface area contributed by atoms with Gasteiger partial charge in [0.05, 0.1) is 11.5 Å². The zero-order valence-electron chi connectivity index (χ0n) is 5.13. The summed E-state index contributed by atoms with van der Waals surface area (Å²) < 4.78 is 4.68. The van der Waals surface area contributed by atoms with Crippen LogP contribution in [0.3, 0.4) is 0 Å². The molecule has 3 nitrogen and oxygen atoms in total. The van der Waals surface area contributed by atoms with Crippen LogP contribution in [0.4, 0.5) is 4.79 Å². The second-order valence-corrected chi connectivity index (χ2v) is 3.21. The van der Waals surface area contributed by atoms with Crippen LogP contribution in [0.1, 0.15) is 6.92 Å². The zero-order valence-corrected chi connectivity index (χ0v) is 6.72. The highest BCUT2D eigenvalue weighted by Crippen LogP contribution is 2.12. The molecule has 0 aliphatic carbocycles. The highest BCUT2D eigenvalue weighted by Gasteiger charge is 2.24. The van der Waals surface area contributed by atoms with Crippen molar-refractivity contribution in [3.63, 3.8) is 0 Å². The van der Waals surface area contributed by atoms with Gasteiger partial charge in [-0.2, -0.15) is 0 Å². The molecule has 1 heterocycles. The Hall–Kier alpha value is -0.250. The maximum absolute atomic E-state index is 10.7. The van der Waals surface area contributed by atoms with E-state index in [1.165, 1.54) is 0 Å². The first-order chi connectivity index (χ1) is 4.22. The van der Waals surface area contributed by atoms with Gasteiger partial charge in [0.15, 0.2) is 0 Å². The maximum atomic E-state index is 10.7. The van der Waals surface area contributed by atoms with Crippen LogP contribution in [-0.2, 0) is 4.74 Å². The number of ether oxygens (including phenoxy) is 1. The molecule has 1 atom stereocenters. The summed E-state index contributed by atoms with van der Waals surface area (Å²) in [4.78, 5) is 12.4. The molecule has 52 valence electrons. The third-order valence-electron chi connectivity index (χ3n) is 1.22. The maximum Gasteiger partial charge on any atom is 0.410 e. The summed E-state index contributed by atoms with van der Waals surface area (Å²) in [5.74, 6) is 0. The van der Waals surface area contributed by atoms with Crippen molar-refractivity contribution in [1.29, 1.82) is 0 Å². The lowest BCUT2D eigenvalue weighted by molar-refractivity contribution is 0.158. The SMILES string of the molecule is CC(Br)N1CCOC1=O. The molecule has 0 aromatic rings. The third kappa shape index (κ3) is 1.36. The molecule has 0 N–H and O–H groups in total. The predicted octanol–water partition coefficient (Wildman–Crippen LogP) is 1.18. The molecule has 1 amide bonds. The summed E-state index contributed by atoms with van der Waals surface area (Å²) in [6.07, 6.45) is -0.223. The molecule has 4 heteroatoms. The third-order valence-corrected chi connectivity index (χ3v) is 1.72. The molecule has 0 radical (unpaired) electrons. The molecule has 0 bridgehead atoms. The van der Waals surface area contributed by atoms with Gasteiger partial charge in [-0.25, -0.2) is 4.79 Å². The number of halogens is 1. The predicted molar refractivity (Wildman–Crippen MR) is 36.4 cm³/mol. The first kappa shape index (κ1) is 6.86. The smallest absolute Gasteiger partial charge is 0.410 e. The molecule has 0 aromatic heterocycles. The van der Waals surface area contributed by atoms with Crippen molar-refractivity contribution in [2.75, 3.05) is 13.2 Å². The Labute approximate surface area is 62.1 Å². The molecule has 0 saturated carbocycles. The number of amides is 1. The molecule has 9 heavy (non-hydrogen) atoms. The highest BCUT2D eigenvalue weighted by atomic mass is 79.9.